The van der Waals surface area contributed by atoms with Crippen LogP contribution in [0.1, 0.15) is 12.5 Å². The molecule has 1 atom stereocenters. The SMILES string of the molecule is C[C@@H](Oc1ccc(/C=C2/SC(=O)N(C)C2=O)cc1)C(=O)O. The molecule has 2 rings (SSSR count). The first kappa shape index (κ1) is 15.1. The smallest absolute Gasteiger partial charge is 0.344 e. The van der Waals surface area contributed by atoms with Gasteiger partial charge in [0, 0.05) is 7.05 Å². The quantitative estimate of drug-likeness (QED) is 0.859. The molecule has 110 valence electrons. The van der Waals surface area contributed by atoms with E-state index in [4.69, 9.17) is 9.84 Å². The third-order valence-corrected chi connectivity index (χ3v) is 3.79. The highest BCUT2D eigenvalue weighted by Crippen LogP contribution is 2.31. The molecular weight excluding hydrogens is 294 g/mol. The number of aliphatic carboxylic acids is 1. The Hall–Kier alpha value is -2.28. The summed E-state index contributed by atoms with van der Waals surface area (Å²) in [6, 6.07) is 6.60. The second-order valence-corrected chi connectivity index (χ2v) is 5.40. The summed E-state index contributed by atoms with van der Waals surface area (Å²) in [5.41, 5.74) is 0.726. The Labute approximate surface area is 125 Å². The molecule has 0 spiro atoms. The Balaban J connectivity index is 2.11. The fourth-order valence-corrected chi connectivity index (χ4v) is 2.42. The van der Waals surface area contributed by atoms with Gasteiger partial charge in [-0.3, -0.25) is 14.5 Å². The van der Waals surface area contributed by atoms with Crippen LogP contribution in [0.5, 0.6) is 5.75 Å². The molecular formula is C14H13NO5S. The third-order valence-electron chi connectivity index (χ3n) is 2.83. The van der Waals surface area contributed by atoms with Gasteiger partial charge in [-0.05, 0) is 42.5 Å². The van der Waals surface area contributed by atoms with Crippen molar-refractivity contribution in [2.75, 3.05) is 7.05 Å². The molecule has 0 aliphatic carbocycles. The highest BCUT2D eigenvalue weighted by molar-refractivity contribution is 8.18. The zero-order valence-corrected chi connectivity index (χ0v) is 12.2. The number of carbonyl (C=O) groups excluding carboxylic acids is 2. The van der Waals surface area contributed by atoms with Crippen LogP contribution in [-0.2, 0) is 9.59 Å². The minimum atomic E-state index is -1.05. The van der Waals surface area contributed by atoms with Crippen LogP contribution < -0.4 is 4.74 Å². The van der Waals surface area contributed by atoms with E-state index in [1.54, 1.807) is 30.3 Å². The number of ether oxygens (including phenoxy) is 1. The Morgan fingerprint density at radius 2 is 1.95 bits per heavy atom. The van der Waals surface area contributed by atoms with Crippen molar-refractivity contribution in [3.05, 3.63) is 34.7 Å². The first-order valence-corrected chi connectivity index (χ1v) is 6.91. The molecule has 0 bridgehead atoms. The molecule has 7 heteroatoms. The number of rotatable bonds is 4. The standard InChI is InChI=1S/C14H13NO5S/c1-8(13(17)18)20-10-5-3-9(4-6-10)7-11-12(16)15(2)14(19)21-11/h3-8H,1-2H3,(H,17,18)/b11-7+/t8-/m1/s1. The predicted octanol–water partition coefficient (Wildman–Crippen LogP) is 2.20. The lowest BCUT2D eigenvalue weighted by atomic mass is 10.2. The summed E-state index contributed by atoms with van der Waals surface area (Å²) < 4.78 is 5.20. The van der Waals surface area contributed by atoms with Crippen LogP contribution in [0.3, 0.4) is 0 Å². The number of hydrogen-bond acceptors (Lipinski definition) is 5. The van der Waals surface area contributed by atoms with Gasteiger partial charge in [0.2, 0.25) is 0 Å². The number of carboxylic acids is 1. The zero-order valence-electron chi connectivity index (χ0n) is 11.4. The molecule has 6 nitrogen and oxygen atoms in total. The summed E-state index contributed by atoms with van der Waals surface area (Å²) in [7, 11) is 1.43. The lowest BCUT2D eigenvalue weighted by molar-refractivity contribution is -0.144. The number of likely N-dealkylation sites (N-methyl/N-ethyl adjacent to an activating group) is 1. The monoisotopic (exact) mass is 307 g/mol. The molecule has 1 saturated heterocycles. The average molecular weight is 307 g/mol. The van der Waals surface area contributed by atoms with E-state index >= 15 is 0 Å². The van der Waals surface area contributed by atoms with E-state index in [2.05, 4.69) is 0 Å². The van der Waals surface area contributed by atoms with Crippen molar-refractivity contribution in [3.63, 3.8) is 0 Å². The minimum Gasteiger partial charge on any atom is -0.479 e. The topological polar surface area (TPSA) is 83.9 Å². The lowest BCUT2D eigenvalue weighted by Gasteiger charge is -2.10. The molecule has 1 N–H and O–H groups in total. The molecule has 2 amide bonds. The summed E-state index contributed by atoms with van der Waals surface area (Å²) in [5, 5.41) is 8.45. The second-order valence-electron chi connectivity index (χ2n) is 4.41. The van der Waals surface area contributed by atoms with Gasteiger partial charge in [-0.2, -0.15) is 0 Å². The third kappa shape index (κ3) is 3.43. The van der Waals surface area contributed by atoms with Gasteiger partial charge in [-0.15, -0.1) is 0 Å². The maximum absolute atomic E-state index is 11.7. The van der Waals surface area contributed by atoms with Crippen molar-refractivity contribution < 1.29 is 24.2 Å². The van der Waals surface area contributed by atoms with Crippen LogP contribution >= 0.6 is 11.8 Å². The number of imide groups is 1. The summed E-state index contributed by atoms with van der Waals surface area (Å²) in [6.45, 7) is 1.44. The second kappa shape index (κ2) is 6.01. The fourth-order valence-electron chi connectivity index (χ4n) is 1.59. The van der Waals surface area contributed by atoms with Crippen molar-refractivity contribution in [3.8, 4) is 5.75 Å². The molecule has 1 aromatic rings. The maximum atomic E-state index is 11.7. The first-order valence-electron chi connectivity index (χ1n) is 6.09. The van der Waals surface area contributed by atoms with Crippen LogP contribution in [-0.4, -0.2) is 40.3 Å². The molecule has 1 aliphatic heterocycles. The van der Waals surface area contributed by atoms with Crippen LogP contribution in [0.2, 0.25) is 0 Å². The van der Waals surface area contributed by atoms with E-state index in [1.807, 2.05) is 0 Å². The van der Waals surface area contributed by atoms with Crippen molar-refractivity contribution >= 4 is 35.0 Å². The van der Waals surface area contributed by atoms with Crippen molar-refractivity contribution in [2.45, 2.75) is 13.0 Å². The average Bonchev–Trinajstić information content (AvgIpc) is 2.68. The van der Waals surface area contributed by atoms with E-state index in [0.29, 0.717) is 10.7 Å². The largest absolute Gasteiger partial charge is 0.479 e. The van der Waals surface area contributed by atoms with E-state index in [0.717, 1.165) is 22.2 Å². The van der Waals surface area contributed by atoms with Crippen LogP contribution in [0.25, 0.3) is 6.08 Å². The van der Waals surface area contributed by atoms with Gasteiger partial charge in [0.15, 0.2) is 6.10 Å². The molecule has 1 aliphatic rings. The Bertz CT molecular complexity index is 623. The fraction of sp³-hybridized carbons (Fsp3) is 0.214. The number of carboxylic acid groups (broad SMARTS) is 1. The molecule has 1 heterocycles. The Morgan fingerprint density at radius 3 is 2.43 bits per heavy atom. The lowest BCUT2D eigenvalue weighted by Crippen LogP contribution is -2.22. The van der Waals surface area contributed by atoms with Gasteiger partial charge < -0.3 is 9.84 Å². The summed E-state index contributed by atoms with van der Waals surface area (Å²) in [4.78, 5) is 35.2. The van der Waals surface area contributed by atoms with E-state index in [9.17, 15) is 14.4 Å². The van der Waals surface area contributed by atoms with E-state index in [1.165, 1.54) is 14.0 Å². The highest BCUT2D eigenvalue weighted by atomic mass is 32.2. The number of benzene rings is 1. The van der Waals surface area contributed by atoms with Crippen LogP contribution in [0.15, 0.2) is 29.2 Å². The summed E-state index contributed by atoms with van der Waals surface area (Å²) >= 11 is 0.885. The Kier molecular flexibility index (Phi) is 4.32. The van der Waals surface area contributed by atoms with Gasteiger partial charge in [0.05, 0.1) is 4.91 Å². The van der Waals surface area contributed by atoms with Gasteiger partial charge >= 0.3 is 5.97 Å². The normalized spacial score (nSPS) is 18.2. The summed E-state index contributed by atoms with van der Waals surface area (Å²) in [5.74, 6) is -0.953. The maximum Gasteiger partial charge on any atom is 0.344 e. The van der Waals surface area contributed by atoms with Gasteiger partial charge in [0.1, 0.15) is 5.75 Å². The van der Waals surface area contributed by atoms with Gasteiger partial charge in [-0.25, -0.2) is 4.79 Å². The molecule has 21 heavy (non-hydrogen) atoms. The molecule has 1 fully saturated rings. The predicted molar refractivity (Wildman–Crippen MR) is 77.9 cm³/mol. The van der Waals surface area contributed by atoms with Crippen LogP contribution in [0.4, 0.5) is 4.79 Å². The first-order chi connectivity index (χ1) is 9.88. The molecule has 1 aromatic carbocycles. The van der Waals surface area contributed by atoms with Crippen molar-refractivity contribution in [2.24, 2.45) is 0 Å². The zero-order chi connectivity index (χ0) is 15.6. The van der Waals surface area contributed by atoms with E-state index in [-0.39, 0.29) is 11.1 Å². The number of nitrogens with zero attached hydrogens (tertiary/aromatic N) is 1. The number of hydrogen-bond donors (Lipinski definition) is 1. The van der Waals surface area contributed by atoms with Crippen LogP contribution in [0, 0.1) is 0 Å². The van der Waals surface area contributed by atoms with Gasteiger partial charge in [-0.1, -0.05) is 12.1 Å². The summed E-state index contributed by atoms with van der Waals surface area (Å²) in [6.07, 6.45) is 0.672. The van der Waals surface area contributed by atoms with Crippen molar-refractivity contribution in [1.82, 2.24) is 4.90 Å². The number of carbonyl (C=O) groups is 3. The molecule has 0 unspecified atom stereocenters. The minimum absolute atomic E-state index is 0.304. The van der Waals surface area contributed by atoms with E-state index < -0.39 is 12.1 Å². The number of thioether (sulfide) groups is 1. The Morgan fingerprint density at radius 1 is 1.33 bits per heavy atom. The molecule has 0 radical (unpaired) electrons. The van der Waals surface area contributed by atoms with Gasteiger partial charge in [0.25, 0.3) is 11.1 Å². The molecule has 0 aromatic heterocycles. The number of amides is 2. The highest BCUT2D eigenvalue weighted by Gasteiger charge is 2.31. The molecule has 0 saturated carbocycles. The van der Waals surface area contributed by atoms with Crippen molar-refractivity contribution in [1.29, 1.82) is 0 Å².